The van der Waals surface area contributed by atoms with Crippen LogP contribution in [0.1, 0.15) is 19.8 Å². The van der Waals surface area contributed by atoms with E-state index < -0.39 is 0 Å². The zero-order chi connectivity index (χ0) is 5.28. The molecule has 0 spiro atoms. The number of rotatable bonds is 1. The van der Waals surface area contributed by atoms with Crippen LogP contribution in [0.2, 0.25) is 0 Å². The van der Waals surface area contributed by atoms with E-state index in [0.29, 0.717) is 0 Å². The predicted molar refractivity (Wildman–Crippen MR) is 31.2 cm³/mol. The number of nitrogens with one attached hydrogen (secondary N) is 1. The molecule has 1 fully saturated rings. The highest BCUT2D eigenvalue weighted by molar-refractivity contribution is 4.81. The van der Waals surface area contributed by atoms with Crippen molar-refractivity contribution in [3.8, 4) is 0 Å². The zero-order valence-electron chi connectivity index (χ0n) is 5.07. The number of hydrogen-bond donors (Lipinski definition) is 1. The molecule has 1 heteroatoms. The first-order chi connectivity index (χ1) is 3.34. The van der Waals surface area contributed by atoms with Crippen LogP contribution in [0, 0.1) is 5.92 Å². The molecule has 0 amide bonds. The van der Waals surface area contributed by atoms with Crippen molar-refractivity contribution in [3.63, 3.8) is 0 Å². The second-order valence-electron chi connectivity index (χ2n) is 2.45. The summed E-state index contributed by atoms with van der Waals surface area (Å²) in [5.41, 5.74) is 0. The second kappa shape index (κ2) is 1.83. The first kappa shape index (κ1) is 5.10. The summed E-state index contributed by atoms with van der Waals surface area (Å²) in [6.45, 7) is 2.30. The Morgan fingerprint density at radius 1 is 1.43 bits per heavy atom. The van der Waals surface area contributed by atoms with Gasteiger partial charge < -0.3 is 5.32 Å². The van der Waals surface area contributed by atoms with Gasteiger partial charge in [-0.3, -0.25) is 0 Å². The van der Waals surface area contributed by atoms with Gasteiger partial charge in [0.1, 0.15) is 0 Å². The summed E-state index contributed by atoms with van der Waals surface area (Å²) in [6, 6.07) is 0.833. The zero-order valence-corrected chi connectivity index (χ0v) is 5.07. The molecule has 2 atom stereocenters. The Morgan fingerprint density at radius 2 is 2.14 bits per heavy atom. The molecule has 0 aliphatic heterocycles. The fourth-order valence-electron chi connectivity index (χ4n) is 1.10. The molecule has 0 aromatic rings. The summed E-state index contributed by atoms with van der Waals surface area (Å²) in [5.74, 6) is 0.935. The highest BCUT2D eigenvalue weighted by atomic mass is 14.9. The molecule has 7 heavy (non-hydrogen) atoms. The lowest BCUT2D eigenvalue weighted by Crippen LogP contribution is -2.39. The predicted octanol–water partition coefficient (Wildman–Crippen LogP) is 1.00. The van der Waals surface area contributed by atoms with Crippen molar-refractivity contribution in [1.82, 2.24) is 5.32 Å². The summed E-state index contributed by atoms with van der Waals surface area (Å²) in [5, 5.41) is 3.25. The molecule has 1 nitrogen and oxygen atoms in total. The van der Waals surface area contributed by atoms with Gasteiger partial charge in [-0.2, -0.15) is 0 Å². The Bertz CT molecular complexity index is 59.2. The van der Waals surface area contributed by atoms with E-state index in [9.17, 15) is 0 Å². The molecule has 42 valence electrons. The molecule has 1 aliphatic carbocycles. The summed E-state index contributed by atoms with van der Waals surface area (Å²) in [7, 11) is 2.04. The van der Waals surface area contributed by atoms with Gasteiger partial charge in [0.25, 0.3) is 0 Å². The van der Waals surface area contributed by atoms with Crippen molar-refractivity contribution in [2.75, 3.05) is 7.05 Å². The molecule has 0 radical (unpaired) electrons. The fourth-order valence-corrected chi connectivity index (χ4v) is 1.10. The third-order valence-electron chi connectivity index (χ3n) is 1.99. The minimum atomic E-state index is 0.833. The van der Waals surface area contributed by atoms with E-state index in [0.717, 1.165) is 12.0 Å². The van der Waals surface area contributed by atoms with E-state index in [4.69, 9.17) is 0 Å². The minimum Gasteiger partial charge on any atom is -0.317 e. The smallest absolute Gasteiger partial charge is 0.00898 e. The summed E-state index contributed by atoms with van der Waals surface area (Å²) in [6.07, 6.45) is 2.81. The van der Waals surface area contributed by atoms with Gasteiger partial charge in [0.15, 0.2) is 0 Å². The molecule has 1 aliphatic rings. The molecule has 0 aromatic heterocycles. The molecule has 1 saturated carbocycles. The third-order valence-corrected chi connectivity index (χ3v) is 1.99. The molecule has 1 unspecified atom stereocenters. The topological polar surface area (TPSA) is 12.0 Å². The van der Waals surface area contributed by atoms with Crippen LogP contribution >= 0.6 is 0 Å². The van der Waals surface area contributed by atoms with Crippen LogP contribution in [0.5, 0.6) is 0 Å². The molecule has 0 aromatic carbocycles. The van der Waals surface area contributed by atoms with Gasteiger partial charge in [-0.25, -0.2) is 0 Å². The lowest BCUT2D eigenvalue weighted by atomic mass is 9.81. The lowest BCUT2D eigenvalue weighted by Gasteiger charge is -2.33. The van der Waals surface area contributed by atoms with Crippen LogP contribution in [0.3, 0.4) is 0 Å². The van der Waals surface area contributed by atoms with Gasteiger partial charge in [0, 0.05) is 6.04 Å². The van der Waals surface area contributed by atoms with Crippen LogP contribution in [0.15, 0.2) is 0 Å². The minimum absolute atomic E-state index is 0.833. The largest absolute Gasteiger partial charge is 0.317 e. The highest BCUT2D eigenvalue weighted by Gasteiger charge is 2.23. The van der Waals surface area contributed by atoms with Crippen molar-refractivity contribution in [2.24, 2.45) is 5.92 Å². The normalized spacial score (nSPS) is 40.3. The van der Waals surface area contributed by atoms with Gasteiger partial charge >= 0.3 is 0 Å². The van der Waals surface area contributed by atoms with Crippen LogP contribution < -0.4 is 5.32 Å². The van der Waals surface area contributed by atoms with Crippen LogP contribution in [0.25, 0.3) is 0 Å². The molecule has 0 saturated heterocycles. The monoisotopic (exact) mass is 99.1 g/mol. The van der Waals surface area contributed by atoms with Crippen LogP contribution in [-0.2, 0) is 0 Å². The van der Waals surface area contributed by atoms with Crippen molar-refractivity contribution >= 4 is 0 Å². The van der Waals surface area contributed by atoms with Gasteiger partial charge in [-0.1, -0.05) is 6.92 Å². The SMILES string of the molecule is CNC1CC[C@H]1C. The van der Waals surface area contributed by atoms with E-state index >= 15 is 0 Å². The summed E-state index contributed by atoms with van der Waals surface area (Å²) in [4.78, 5) is 0. The molecule has 1 N–H and O–H groups in total. The van der Waals surface area contributed by atoms with Crippen molar-refractivity contribution in [3.05, 3.63) is 0 Å². The highest BCUT2D eigenvalue weighted by Crippen LogP contribution is 2.25. The third kappa shape index (κ3) is 0.778. The molecule has 1 rings (SSSR count). The molecular formula is C6H13N. The van der Waals surface area contributed by atoms with Crippen LogP contribution in [-0.4, -0.2) is 13.1 Å². The molecule has 0 heterocycles. The molecule has 0 bridgehead atoms. The van der Waals surface area contributed by atoms with E-state index in [1.807, 2.05) is 7.05 Å². The van der Waals surface area contributed by atoms with Gasteiger partial charge in [0.05, 0.1) is 0 Å². The quantitative estimate of drug-likeness (QED) is 0.517. The van der Waals surface area contributed by atoms with E-state index in [2.05, 4.69) is 12.2 Å². The second-order valence-corrected chi connectivity index (χ2v) is 2.45. The Balaban J connectivity index is 2.16. The summed E-state index contributed by atoms with van der Waals surface area (Å²) >= 11 is 0. The van der Waals surface area contributed by atoms with Gasteiger partial charge in [-0.05, 0) is 25.8 Å². The Kier molecular flexibility index (Phi) is 1.33. The first-order valence-electron chi connectivity index (χ1n) is 3.02. The Morgan fingerprint density at radius 3 is 2.14 bits per heavy atom. The maximum atomic E-state index is 3.25. The van der Waals surface area contributed by atoms with E-state index in [1.165, 1.54) is 12.8 Å². The fraction of sp³-hybridized carbons (Fsp3) is 1.00. The van der Waals surface area contributed by atoms with Gasteiger partial charge in [-0.15, -0.1) is 0 Å². The summed E-state index contributed by atoms with van der Waals surface area (Å²) < 4.78 is 0. The average Bonchev–Trinajstić information content (AvgIpc) is 1.65. The first-order valence-corrected chi connectivity index (χ1v) is 3.02. The average molecular weight is 99.2 g/mol. The van der Waals surface area contributed by atoms with Crippen molar-refractivity contribution in [2.45, 2.75) is 25.8 Å². The Hall–Kier alpha value is -0.0400. The maximum absolute atomic E-state index is 3.25. The van der Waals surface area contributed by atoms with E-state index in [-0.39, 0.29) is 0 Å². The maximum Gasteiger partial charge on any atom is 0.00898 e. The van der Waals surface area contributed by atoms with Gasteiger partial charge in [0.2, 0.25) is 0 Å². The van der Waals surface area contributed by atoms with E-state index in [1.54, 1.807) is 0 Å². The van der Waals surface area contributed by atoms with Crippen LogP contribution in [0.4, 0.5) is 0 Å². The Labute approximate surface area is 45.1 Å². The lowest BCUT2D eigenvalue weighted by molar-refractivity contribution is 0.243. The van der Waals surface area contributed by atoms with Crippen molar-refractivity contribution < 1.29 is 0 Å². The number of hydrogen-bond acceptors (Lipinski definition) is 1. The van der Waals surface area contributed by atoms with Crippen molar-refractivity contribution in [1.29, 1.82) is 0 Å². The standard InChI is InChI=1S/C6H13N/c1-5-3-4-6(5)7-2/h5-7H,3-4H2,1-2H3/t5-,6?/m1/s1. The molecular weight excluding hydrogens is 86.1 g/mol.